The number of carbonyl (C=O) groups is 1. The number of aryl methyl sites for hydroxylation is 1. The Bertz CT molecular complexity index is 978. The van der Waals surface area contributed by atoms with Gasteiger partial charge in [0.2, 0.25) is 5.91 Å². The first kappa shape index (κ1) is 18.9. The quantitative estimate of drug-likeness (QED) is 0.373. The third-order valence-corrected chi connectivity index (χ3v) is 5.40. The van der Waals surface area contributed by atoms with Crippen LogP contribution in [0, 0.1) is 10.1 Å². The van der Waals surface area contributed by atoms with Crippen LogP contribution >= 0.6 is 23.4 Å². The van der Waals surface area contributed by atoms with Crippen LogP contribution < -0.4 is 5.32 Å². The van der Waals surface area contributed by atoms with Crippen LogP contribution in [0.1, 0.15) is 10.8 Å². The number of amides is 1. The van der Waals surface area contributed by atoms with Crippen molar-refractivity contribution in [2.24, 2.45) is 7.05 Å². The lowest BCUT2D eigenvalue weighted by atomic mass is 10.1. The molecule has 3 aromatic rings. The number of nitrogens with one attached hydrogen (secondary N) is 1. The summed E-state index contributed by atoms with van der Waals surface area (Å²) in [6, 6.07) is 13.4. The van der Waals surface area contributed by atoms with Crippen LogP contribution in [-0.4, -0.2) is 20.4 Å². The molecule has 1 amide bonds. The van der Waals surface area contributed by atoms with Gasteiger partial charge >= 0.3 is 0 Å². The lowest BCUT2D eigenvalue weighted by molar-refractivity contribution is -0.384. The number of aromatic nitrogens is 2. The van der Waals surface area contributed by atoms with Gasteiger partial charge in [-0.2, -0.15) is 0 Å². The molecule has 138 valence electrons. The van der Waals surface area contributed by atoms with Gasteiger partial charge in [0, 0.05) is 31.2 Å². The van der Waals surface area contributed by atoms with Crippen LogP contribution in [0.3, 0.4) is 0 Å². The second-order valence-corrected chi connectivity index (χ2v) is 7.12. The summed E-state index contributed by atoms with van der Waals surface area (Å²) in [6.07, 6.45) is 3.45. The molecule has 0 bridgehead atoms. The molecule has 0 aliphatic heterocycles. The number of rotatable bonds is 6. The summed E-state index contributed by atoms with van der Waals surface area (Å²) >= 11 is 7.12. The number of nitro benzene ring substituents is 1. The van der Waals surface area contributed by atoms with E-state index in [0.29, 0.717) is 10.8 Å². The fourth-order valence-corrected chi connectivity index (χ4v) is 3.62. The normalized spacial score (nSPS) is 11.8. The molecule has 0 radical (unpaired) electrons. The molecule has 27 heavy (non-hydrogen) atoms. The minimum atomic E-state index is -0.588. The molecule has 2 aromatic carbocycles. The molecule has 0 fully saturated rings. The van der Waals surface area contributed by atoms with E-state index in [4.69, 9.17) is 11.6 Å². The highest BCUT2D eigenvalue weighted by Crippen LogP contribution is 2.35. The minimum absolute atomic E-state index is 0.0139. The maximum atomic E-state index is 12.9. The molecule has 1 unspecified atom stereocenters. The Labute approximate surface area is 164 Å². The molecular formula is C18H15ClN4O3S. The number of nitrogens with zero attached hydrogens (tertiary/aromatic N) is 3. The second-order valence-electron chi connectivity index (χ2n) is 5.64. The first-order valence-corrected chi connectivity index (χ1v) is 9.15. The Morgan fingerprint density at radius 2 is 2.04 bits per heavy atom. The average Bonchev–Trinajstić information content (AvgIpc) is 3.06. The van der Waals surface area contributed by atoms with Crippen molar-refractivity contribution in [1.82, 2.24) is 9.55 Å². The summed E-state index contributed by atoms with van der Waals surface area (Å²) in [5.41, 5.74) is 0.839. The standard InChI is InChI=1S/C18H15ClN4O3S/c1-22-10-9-20-18(22)27-16(12-5-3-2-4-6-12)17(24)21-13-7-8-14(19)15(11-13)23(25)26/h2-11,16H,1H3,(H,21,24). The summed E-state index contributed by atoms with van der Waals surface area (Å²) < 4.78 is 1.82. The molecule has 0 spiro atoms. The molecule has 1 atom stereocenters. The van der Waals surface area contributed by atoms with Crippen molar-refractivity contribution in [2.75, 3.05) is 5.32 Å². The van der Waals surface area contributed by atoms with E-state index in [2.05, 4.69) is 10.3 Å². The van der Waals surface area contributed by atoms with Gasteiger partial charge in [0.15, 0.2) is 5.16 Å². The van der Waals surface area contributed by atoms with Crippen molar-refractivity contribution >= 4 is 40.6 Å². The molecular weight excluding hydrogens is 388 g/mol. The average molecular weight is 403 g/mol. The van der Waals surface area contributed by atoms with Gasteiger partial charge < -0.3 is 9.88 Å². The van der Waals surface area contributed by atoms with Crippen molar-refractivity contribution in [3.8, 4) is 0 Å². The van der Waals surface area contributed by atoms with E-state index in [1.54, 1.807) is 12.4 Å². The summed E-state index contributed by atoms with van der Waals surface area (Å²) in [4.78, 5) is 27.7. The Balaban J connectivity index is 1.88. The van der Waals surface area contributed by atoms with E-state index in [-0.39, 0.29) is 16.6 Å². The smallest absolute Gasteiger partial charge is 0.289 e. The fraction of sp³-hybridized carbons (Fsp3) is 0.111. The predicted octanol–water partition coefficient (Wildman–Crippen LogP) is 4.45. The van der Waals surface area contributed by atoms with E-state index in [0.717, 1.165) is 5.56 Å². The summed E-state index contributed by atoms with van der Waals surface area (Å²) in [5, 5.41) is 13.9. The number of thioether (sulfide) groups is 1. The molecule has 1 aromatic heterocycles. The van der Waals surface area contributed by atoms with Gasteiger partial charge in [-0.05, 0) is 17.7 Å². The maximum absolute atomic E-state index is 12.9. The zero-order chi connectivity index (χ0) is 19.4. The summed E-state index contributed by atoms with van der Waals surface area (Å²) in [6.45, 7) is 0. The lowest BCUT2D eigenvalue weighted by Gasteiger charge is -2.16. The first-order valence-electron chi connectivity index (χ1n) is 7.89. The van der Waals surface area contributed by atoms with Gasteiger partial charge in [-0.1, -0.05) is 53.7 Å². The van der Waals surface area contributed by atoms with Gasteiger partial charge in [0.05, 0.1) is 4.92 Å². The Morgan fingerprint density at radius 3 is 2.67 bits per heavy atom. The number of nitro groups is 1. The molecule has 3 rings (SSSR count). The molecule has 0 saturated carbocycles. The van der Waals surface area contributed by atoms with Crippen molar-refractivity contribution in [3.05, 3.63) is 81.6 Å². The van der Waals surface area contributed by atoms with Crippen molar-refractivity contribution in [3.63, 3.8) is 0 Å². The van der Waals surface area contributed by atoms with E-state index < -0.39 is 10.2 Å². The third kappa shape index (κ3) is 4.47. The molecule has 0 aliphatic rings. The van der Waals surface area contributed by atoms with Gasteiger partial charge in [0.1, 0.15) is 10.3 Å². The Morgan fingerprint density at radius 1 is 1.30 bits per heavy atom. The van der Waals surface area contributed by atoms with Crippen LogP contribution in [0.25, 0.3) is 0 Å². The Hall–Kier alpha value is -2.84. The Kier molecular flexibility index (Phi) is 5.78. The maximum Gasteiger partial charge on any atom is 0.289 e. The van der Waals surface area contributed by atoms with E-state index >= 15 is 0 Å². The predicted molar refractivity (Wildman–Crippen MR) is 105 cm³/mol. The van der Waals surface area contributed by atoms with E-state index in [1.165, 1.54) is 30.0 Å². The third-order valence-electron chi connectivity index (χ3n) is 3.75. The number of hydrogen-bond donors (Lipinski definition) is 1. The fourth-order valence-electron chi connectivity index (χ4n) is 2.41. The second kappa shape index (κ2) is 8.24. The van der Waals surface area contributed by atoms with Gasteiger partial charge in [-0.15, -0.1) is 0 Å². The zero-order valence-electron chi connectivity index (χ0n) is 14.2. The van der Waals surface area contributed by atoms with Crippen LogP contribution in [-0.2, 0) is 11.8 Å². The highest BCUT2D eigenvalue weighted by atomic mass is 35.5. The molecule has 1 N–H and O–H groups in total. The molecule has 9 heteroatoms. The lowest BCUT2D eigenvalue weighted by Crippen LogP contribution is -2.19. The van der Waals surface area contributed by atoms with Crippen LogP contribution in [0.4, 0.5) is 11.4 Å². The van der Waals surface area contributed by atoms with Gasteiger partial charge in [-0.3, -0.25) is 14.9 Å². The largest absolute Gasteiger partial charge is 0.329 e. The molecule has 7 nitrogen and oxygen atoms in total. The number of imidazole rings is 1. The number of anilines is 1. The van der Waals surface area contributed by atoms with Crippen molar-refractivity contribution < 1.29 is 9.72 Å². The molecule has 0 saturated heterocycles. The highest BCUT2D eigenvalue weighted by molar-refractivity contribution is 8.00. The summed E-state index contributed by atoms with van der Waals surface area (Å²) in [7, 11) is 1.85. The minimum Gasteiger partial charge on any atom is -0.329 e. The first-order chi connectivity index (χ1) is 13.0. The number of hydrogen-bond acceptors (Lipinski definition) is 5. The topological polar surface area (TPSA) is 90.1 Å². The van der Waals surface area contributed by atoms with Gasteiger partial charge in [0.25, 0.3) is 5.69 Å². The monoisotopic (exact) mass is 402 g/mol. The molecule has 0 aliphatic carbocycles. The number of halogens is 1. The van der Waals surface area contributed by atoms with Crippen LogP contribution in [0.15, 0.2) is 66.1 Å². The van der Waals surface area contributed by atoms with Gasteiger partial charge in [-0.25, -0.2) is 4.98 Å². The summed E-state index contributed by atoms with van der Waals surface area (Å²) in [5.74, 6) is -0.314. The zero-order valence-corrected chi connectivity index (χ0v) is 15.8. The highest BCUT2D eigenvalue weighted by Gasteiger charge is 2.24. The van der Waals surface area contributed by atoms with Crippen LogP contribution in [0.2, 0.25) is 5.02 Å². The number of benzene rings is 2. The van der Waals surface area contributed by atoms with E-state index in [9.17, 15) is 14.9 Å². The molecule has 1 heterocycles. The van der Waals surface area contributed by atoms with E-state index in [1.807, 2.05) is 41.9 Å². The van der Waals surface area contributed by atoms with Crippen molar-refractivity contribution in [2.45, 2.75) is 10.4 Å². The SMILES string of the molecule is Cn1ccnc1SC(C(=O)Nc1ccc(Cl)c([N+](=O)[O-])c1)c1ccccc1. The van der Waals surface area contributed by atoms with Crippen LogP contribution in [0.5, 0.6) is 0 Å². The number of carbonyl (C=O) groups excluding carboxylic acids is 1. The van der Waals surface area contributed by atoms with Crippen molar-refractivity contribution in [1.29, 1.82) is 0 Å².